The number of nitrogens with zero attached hydrogens (tertiary/aromatic N) is 1. The maximum atomic E-state index is 12.8. The first-order valence-electron chi connectivity index (χ1n) is 11.8. The van der Waals surface area contributed by atoms with Crippen molar-refractivity contribution in [2.45, 2.75) is 85.5 Å². The highest BCUT2D eigenvalue weighted by atomic mass is 32.1. The summed E-state index contributed by atoms with van der Waals surface area (Å²) < 4.78 is 5.72. The van der Waals surface area contributed by atoms with Crippen LogP contribution in [-0.4, -0.2) is 51.0 Å². The zero-order chi connectivity index (χ0) is 25.6. The van der Waals surface area contributed by atoms with Gasteiger partial charge in [-0.15, -0.1) is 11.3 Å². The van der Waals surface area contributed by atoms with Gasteiger partial charge in [0.2, 0.25) is 0 Å². The average Bonchev–Trinajstić information content (AvgIpc) is 3.20. The van der Waals surface area contributed by atoms with E-state index in [-0.39, 0.29) is 24.4 Å². The number of ketones is 2. The Labute approximate surface area is 205 Å². The van der Waals surface area contributed by atoms with Gasteiger partial charge in [-0.25, -0.2) is 4.98 Å². The molecule has 1 aromatic heterocycles. The van der Waals surface area contributed by atoms with E-state index in [4.69, 9.17) is 4.74 Å². The van der Waals surface area contributed by atoms with Gasteiger partial charge >= 0.3 is 5.97 Å². The van der Waals surface area contributed by atoms with E-state index in [1.54, 1.807) is 13.8 Å². The van der Waals surface area contributed by atoms with Crippen LogP contribution in [0.1, 0.15) is 71.0 Å². The molecule has 0 spiro atoms. The molecule has 2 N–H and O–H groups in total. The molecule has 0 radical (unpaired) electrons. The highest BCUT2D eigenvalue weighted by Crippen LogP contribution is 2.25. The van der Waals surface area contributed by atoms with E-state index in [0.29, 0.717) is 12.8 Å². The summed E-state index contributed by atoms with van der Waals surface area (Å²) in [6, 6.07) is 0. The van der Waals surface area contributed by atoms with E-state index in [9.17, 15) is 24.6 Å². The van der Waals surface area contributed by atoms with Gasteiger partial charge < -0.3 is 14.9 Å². The van der Waals surface area contributed by atoms with Crippen LogP contribution in [0.4, 0.5) is 0 Å². The minimum absolute atomic E-state index is 0.113. The largest absolute Gasteiger partial charge is 0.457 e. The molecule has 0 saturated carbocycles. The molecule has 188 valence electrons. The molecule has 0 fully saturated rings. The molecule has 2 rings (SSSR count). The number of aryl methyl sites for hydroxylation is 1. The number of Topliss-reactive ketones (excluding diaryl/α,β-unsaturated/α-hetero) is 2. The van der Waals surface area contributed by atoms with Crippen LogP contribution in [0.2, 0.25) is 0 Å². The minimum atomic E-state index is -1.25. The number of hydrogen-bond acceptors (Lipinski definition) is 8. The van der Waals surface area contributed by atoms with Gasteiger partial charge in [0.1, 0.15) is 17.7 Å². The molecule has 1 aromatic rings. The second-order valence-corrected chi connectivity index (χ2v) is 10.5. The molecule has 8 heteroatoms. The maximum Gasteiger partial charge on any atom is 0.309 e. The first-order chi connectivity index (χ1) is 15.9. The minimum Gasteiger partial charge on any atom is -0.457 e. The third-order valence-corrected chi connectivity index (χ3v) is 7.41. The Hall–Kier alpha value is -2.16. The Morgan fingerprint density at radius 3 is 2.38 bits per heavy atom. The Morgan fingerprint density at radius 1 is 1.09 bits per heavy atom. The number of cyclic esters (lactones) is 1. The highest BCUT2D eigenvalue weighted by molar-refractivity contribution is 7.09. The standard InChI is InChI=1S/C26H37NO6S/c1-14-7-9-21(28)16(3)25(31)18(5)26(32)17(4)22(29)12-24(30)33-23(10-8-14)15(2)11-20-13-34-19(6)27-20/h8,11,13,16-18,22-23,25,29,31H,7,9-10,12H2,1-6H3/b14-8-,15-11+/t16-,17-,18+,22-,23-,25-/m0/s1. The molecule has 2 heterocycles. The van der Waals surface area contributed by atoms with Crippen LogP contribution in [0.3, 0.4) is 0 Å². The fourth-order valence-electron chi connectivity index (χ4n) is 4.01. The third kappa shape index (κ3) is 7.68. The van der Waals surface area contributed by atoms with Gasteiger partial charge in [-0.05, 0) is 38.8 Å². The van der Waals surface area contributed by atoms with Crippen molar-refractivity contribution >= 4 is 34.9 Å². The predicted molar refractivity (Wildman–Crippen MR) is 132 cm³/mol. The Bertz CT molecular complexity index is 949. The van der Waals surface area contributed by atoms with E-state index in [1.165, 1.54) is 18.3 Å². The monoisotopic (exact) mass is 491 g/mol. The number of aromatic nitrogens is 1. The number of esters is 1. The quantitative estimate of drug-likeness (QED) is 0.474. The topological polar surface area (TPSA) is 114 Å². The lowest BCUT2D eigenvalue weighted by atomic mass is 9.81. The average molecular weight is 492 g/mol. The number of carbonyl (C=O) groups excluding carboxylic acids is 3. The summed E-state index contributed by atoms with van der Waals surface area (Å²) in [5, 5.41) is 24.0. The molecule has 0 saturated heterocycles. The number of thiazole rings is 1. The van der Waals surface area contributed by atoms with Gasteiger partial charge in [-0.2, -0.15) is 0 Å². The molecular formula is C26H37NO6S. The molecule has 0 aromatic carbocycles. The fraction of sp³-hybridized carbons (Fsp3) is 0.615. The number of aliphatic hydroxyl groups excluding tert-OH is 2. The molecule has 1 aliphatic heterocycles. The summed E-state index contributed by atoms with van der Waals surface area (Å²) >= 11 is 1.53. The summed E-state index contributed by atoms with van der Waals surface area (Å²) in [7, 11) is 0. The molecule has 0 aliphatic carbocycles. The Morgan fingerprint density at radius 2 is 1.76 bits per heavy atom. The first kappa shape index (κ1) is 28.1. The third-order valence-electron chi connectivity index (χ3n) is 6.62. The molecular weight excluding hydrogens is 454 g/mol. The van der Waals surface area contributed by atoms with Crippen LogP contribution in [0, 0.1) is 24.7 Å². The number of rotatable bonds is 2. The summed E-state index contributed by atoms with van der Waals surface area (Å²) in [5.74, 6) is -3.53. The number of ether oxygens (including phenoxy) is 1. The second kappa shape index (κ2) is 12.5. The smallest absolute Gasteiger partial charge is 0.309 e. The number of carbonyl (C=O) groups is 3. The van der Waals surface area contributed by atoms with Gasteiger partial charge in [0.15, 0.2) is 0 Å². The van der Waals surface area contributed by atoms with Crippen molar-refractivity contribution in [2.24, 2.45) is 17.8 Å². The van der Waals surface area contributed by atoms with Crippen LogP contribution < -0.4 is 0 Å². The molecule has 0 bridgehead atoms. The highest BCUT2D eigenvalue weighted by Gasteiger charge is 2.36. The SMILES string of the molecule is C/C1=C/C[C@@H](/C(C)=C/c2csc(C)n2)OC(=O)C[C@H](O)[C@H](C)C(=O)[C@H](C)[C@@H](O)[C@@H](C)C(=O)CC1. The van der Waals surface area contributed by atoms with Gasteiger partial charge in [0, 0.05) is 36.0 Å². The zero-order valence-electron chi connectivity index (χ0n) is 20.9. The van der Waals surface area contributed by atoms with Crippen molar-refractivity contribution in [3.8, 4) is 0 Å². The summed E-state index contributed by atoms with van der Waals surface area (Å²) in [6.07, 6.45) is 1.70. The van der Waals surface area contributed by atoms with Crippen molar-refractivity contribution in [3.63, 3.8) is 0 Å². The van der Waals surface area contributed by atoms with Crippen LogP contribution >= 0.6 is 11.3 Å². The fourth-order valence-corrected chi connectivity index (χ4v) is 4.58. The normalized spacial score (nSPS) is 32.8. The van der Waals surface area contributed by atoms with Crippen molar-refractivity contribution in [1.82, 2.24) is 4.98 Å². The van der Waals surface area contributed by atoms with Crippen LogP contribution in [0.5, 0.6) is 0 Å². The van der Waals surface area contributed by atoms with Crippen molar-refractivity contribution in [2.75, 3.05) is 0 Å². The molecule has 0 amide bonds. The van der Waals surface area contributed by atoms with E-state index in [0.717, 1.165) is 21.8 Å². The van der Waals surface area contributed by atoms with Crippen LogP contribution in [0.25, 0.3) is 6.08 Å². The summed E-state index contributed by atoms with van der Waals surface area (Å²) in [5.41, 5.74) is 2.57. The molecule has 6 atom stereocenters. The van der Waals surface area contributed by atoms with E-state index in [1.807, 2.05) is 38.3 Å². The Balaban J connectivity index is 2.33. The van der Waals surface area contributed by atoms with Crippen LogP contribution in [-0.2, 0) is 19.1 Å². The van der Waals surface area contributed by atoms with Crippen molar-refractivity contribution in [1.29, 1.82) is 0 Å². The van der Waals surface area contributed by atoms with Crippen LogP contribution in [0.15, 0.2) is 22.6 Å². The number of allylic oxidation sites excluding steroid dienone is 1. The molecule has 1 aliphatic rings. The predicted octanol–water partition coefficient (Wildman–Crippen LogP) is 4.06. The molecule has 7 nitrogen and oxygen atoms in total. The maximum absolute atomic E-state index is 12.8. The zero-order valence-corrected chi connectivity index (χ0v) is 21.7. The molecule has 0 unspecified atom stereocenters. The number of hydrogen-bond donors (Lipinski definition) is 2. The lowest BCUT2D eigenvalue weighted by molar-refractivity contribution is -0.151. The van der Waals surface area contributed by atoms with E-state index < -0.39 is 42.0 Å². The van der Waals surface area contributed by atoms with Crippen molar-refractivity contribution < 1.29 is 29.3 Å². The second-order valence-electron chi connectivity index (χ2n) is 9.44. The van der Waals surface area contributed by atoms with E-state index in [2.05, 4.69) is 4.98 Å². The van der Waals surface area contributed by atoms with E-state index >= 15 is 0 Å². The lowest BCUT2D eigenvalue weighted by Gasteiger charge is -2.27. The van der Waals surface area contributed by atoms with Gasteiger partial charge in [0.25, 0.3) is 0 Å². The molecule has 34 heavy (non-hydrogen) atoms. The van der Waals surface area contributed by atoms with Gasteiger partial charge in [-0.3, -0.25) is 14.4 Å². The Kier molecular flexibility index (Phi) is 10.3. The summed E-state index contributed by atoms with van der Waals surface area (Å²) in [4.78, 5) is 42.6. The van der Waals surface area contributed by atoms with Crippen molar-refractivity contribution in [3.05, 3.63) is 33.3 Å². The van der Waals surface area contributed by atoms with Gasteiger partial charge in [-0.1, -0.05) is 32.4 Å². The lowest BCUT2D eigenvalue weighted by Crippen LogP contribution is -2.40. The summed E-state index contributed by atoms with van der Waals surface area (Å²) in [6.45, 7) is 10.4. The first-order valence-corrected chi connectivity index (χ1v) is 12.7. The number of aliphatic hydroxyl groups is 2. The van der Waals surface area contributed by atoms with Gasteiger partial charge in [0.05, 0.1) is 29.3 Å².